The van der Waals surface area contributed by atoms with Crippen molar-refractivity contribution in [2.24, 2.45) is 0 Å². The zero-order valence-electron chi connectivity index (χ0n) is 21.5. The standard InChI is InChI=1S/C30H28FN5O2/c1-19(2)24-6-4-5-7-25(24)27-32-16-26-28(34-27)36(30(38)33-26)18-21-8-12-22(13-9-21)29(37)35(3)17-20-10-14-23(31)15-11-20/h4-16,19H,17-18H2,1-3H3,(H,33,38). The normalized spacial score (nSPS) is 11.3. The van der Waals surface area contributed by atoms with Gasteiger partial charge in [-0.15, -0.1) is 0 Å². The lowest BCUT2D eigenvalue weighted by molar-refractivity contribution is 0.0785. The van der Waals surface area contributed by atoms with Gasteiger partial charge in [0.1, 0.15) is 11.3 Å². The van der Waals surface area contributed by atoms with E-state index >= 15 is 0 Å². The summed E-state index contributed by atoms with van der Waals surface area (Å²) in [6, 6.07) is 21.3. The number of H-pyrrole nitrogens is 1. The summed E-state index contributed by atoms with van der Waals surface area (Å²) in [5.41, 5.74) is 5.12. The summed E-state index contributed by atoms with van der Waals surface area (Å²) in [6.45, 7) is 4.91. The Labute approximate surface area is 219 Å². The number of fused-ring (bicyclic) bond motifs is 1. The maximum Gasteiger partial charge on any atom is 0.328 e. The summed E-state index contributed by atoms with van der Waals surface area (Å²) in [7, 11) is 1.71. The third kappa shape index (κ3) is 5.11. The van der Waals surface area contributed by atoms with Gasteiger partial charge in [-0.1, -0.05) is 62.4 Å². The van der Waals surface area contributed by atoms with Crippen LogP contribution in [0.15, 0.2) is 83.8 Å². The number of imidazole rings is 1. The Kier molecular flexibility index (Phi) is 6.87. The van der Waals surface area contributed by atoms with Gasteiger partial charge in [-0.25, -0.2) is 19.2 Å². The van der Waals surface area contributed by atoms with Crippen LogP contribution in [-0.2, 0) is 13.1 Å². The highest BCUT2D eigenvalue weighted by Gasteiger charge is 2.16. The maximum atomic E-state index is 13.2. The molecule has 5 aromatic rings. The van der Waals surface area contributed by atoms with Gasteiger partial charge in [0.25, 0.3) is 5.91 Å². The molecule has 0 spiro atoms. The van der Waals surface area contributed by atoms with E-state index in [-0.39, 0.29) is 17.4 Å². The number of nitrogens with zero attached hydrogens (tertiary/aromatic N) is 4. The molecule has 1 amide bonds. The first-order chi connectivity index (χ1) is 18.3. The first-order valence-corrected chi connectivity index (χ1v) is 12.4. The van der Waals surface area contributed by atoms with E-state index in [2.05, 4.69) is 29.9 Å². The molecule has 38 heavy (non-hydrogen) atoms. The first-order valence-electron chi connectivity index (χ1n) is 12.4. The number of nitrogens with one attached hydrogen (secondary N) is 1. The lowest BCUT2D eigenvalue weighted by Gasteiger charge is -2.17. The SMILES string of the molecule is CC(C)c1ccccc1-c1ncc2[nH]c(=O)n(Cc3ccc(C(=O)N(C)Cc4ccc(F)cc4)cc3)c2n1. The van der Waals surface area contributed by atoms with Crippen molar-refractivity contribution < 1.29 is 9.18 Å². The van der Waals surface area contributed by atoms with Crippen LogP contribution >= 0.6 is 0 Å². The Morgan fingerprint density at radius 3 is 2.39 bits per heavy atom. The quantitative estimate of drug-likeness (QED) is 0.320. The molecule has 0 unspecified atom stereocenters. The molecular formula is C30H28FN5O2. The number of halogens is 1. The van der Waals surface area contributed by atoms with E-state index in [1.54, 1.807) is 47.0 Å². The van der Waals surface area contributed by atoms with Crippen molar-refractivity contribution >= 4 is 17.1 Å². The van der Waals surface area contributed by atoms with Crippen LogP contribution in [-0.4, -0.2) is 37.4 Å². The van der Waals surface area contributed by atoms with Crippen molar-refractivity contribution in [2.75, 3.05) is 7.05 Å². The second kappa shape index (κ2) is 10.4. The molecule has 8 heteroatoms. The number of hydrogen-bond donors (Lipinski definition) is 1. The second-order valence-corrected chi connectivity index (χ2v) is 9.67. The molecule has 0 aliphatic heterocycles. The minimum absolute atomic E-state index is 0.147. The summed E-state index contributed by atoms with van der Waals surface area (Å²) in [4.78, 5) is 39.4. The molecule has 7 nitrogen and oxygen atoms in total. The number of benzene rings is 3. The van der Waals surface area contributed by atoms with Crippen LogP contribution in [0, 0.1) is 5.82 Å². The summed E-state index contributed by atoms with van der Waals surface area (Å²) < 4.78 is 14.7. The molecule has 3 aromatic carbocycles. The van der Waals surface area contributed by atoms with Crippen molar-refractivity contribution in [2.45, 2.75) is 32.9 Å². The largest absolute Gasteiger partial charge is 0.337 e. The van der Waals surface area contributed by atoms with Crippen LogP contribution < -0.4 is 5.69 Å². The smallest absolute Gasteiger partial charge is 0.328 e. The zero-order valence-corrected chi connectivity index (χ0v) is 21.5. The number of rotatable bonds is 7. The molecule has 2 aromatic heterocycles. The summed E-state index contributed by atoms with van der Waals surface area (Å²) in [6.07, 6.45) is 1.64. The summed E-state index contributed by atoms with van der Waals surface area (Å²) >= 11 is 0. The average molecular weight is 510 g/mol. The van der Waals surface area contributed by atoms with Gasteiger partial charge in [0.2, 0.25) is 0 Å². The predicted molar refractivity (Wildman–Crippen MR) is 145 cm³/mol. The highest BCUT2D eigenvalue weighted by molar-refractivity contribution is 5.94. The van der Waals surface area contributed by atoms with Gasteiger partial charge < -0.3 is 9.88 Å². The van der Waals surface area contributed by atoms with E-state index in [0.29, 0.717) is 41.6 Å². The second-order valence-electron chi connectivity index (χ2n) is 9.67. The zero-order chi connectivity index (χ0) is 26.8. The van der Waals surface area contributed by atoms with Crippen LogP contribution in [0.25, 0.3) is 22.6 Å². The van der Waals surface area contributed by atoms with E-state index in [4.69, 9.17) is 4.98 Å². The summed E-state index contributed by atoms with van der Waals surface area (Å²) in [5.74, 6) is 0.414. The number of carbonyl (C=O) groups excluding carboxylic acids is 1. The molecule has 0 fully saturated rings. The molecule has 0 atom stereocenters. The number of carbonyl (C=O) groups is 1. The van der Waals surface area contributed by atoms with E-state index in [1.807, 2.05) is 30.3 Å². The Hall–Kier alpha value is -4.59. The van der Waals surface area contributed by atoms with Crippen LogP contribution in [0.3, 0.4) is 0 Å². The lowest BCUT2D eigenvalue weighted by Crippen LogP contribution is -2.26. The van der Waals surface area contributed by atoms with Gasteiger partial charge >= 0.3 is 5.69 Å². The molecule has 5 rings (SSSR count). The van der Waals surface area contributed by atoms with Gasteiger partial charge in [0, 0.05) is 24.7 Å². The van der Waals surface area contributed by atoms with Crippen LogP contribution in [0.5, 0.6) is 0 Å². The monoisotopic (exact) mass is 509 g/mol. The topological polar surface area (TPSA) is 83.9 Å². The van der Waals surface area contributed by atoms with Gasteiger partial charge in [0.15, 0.2) is 11.5 Å². The van der Waals surface area contributed by atoms with Gasteiger partial charge in [-0.05, 0) is 46.9 Å². The third-order valence-corrected chi connectivity index (χ3v) is 6.56. The fraction of sp³-hybridized carbons (Fsp3) is 0.200. The van der Waals surface area contributed by atoms with Crippen molar-refractivity contribution in [3.8, 4) is 11.4 Å². The highest BCUT2D eigenvalue weighted by atomic mass is 19.1. The Balaban J connectivity index is 1.37. The molecule has 0 aliphatic carbocycles. The fourth-order valence-electron chi connectivity index (χ4n) is 4.52. The molecular weight excluding hydrogens is 481 g/mol. The molecule has 1 N–H and O–H groups in total. The Morgan fingerprint density at radius 2 is 1.68 bits per heavy atom. The van der Waals surface area contributed by atoms with Crippen molar-refractivity contribution in [3.05, 3.63) is 118 Å². The minimum Gasteiger partial charge on any atom is -0.337 e. The fourth-order valence-corrected chi connectivity index (χ4v) is 4.52. The molecule has 192 valence electrons. The van der Waals surface area contributed by atoms with Gasteiger partial charge in [-0.3, -0.25) is 9.36 Å². The van der Waals surface area contributed by atoms with Crippen molar-refractivity contribution in [1.82, 2.24) is 24.4 Å². The van der Waals surface area contributed by atoms with Gasteiger partial charge in [-0.2, -0.15) is 0 Å². The van der Waals surface area contributed by atoms with Crippen LogP contribution in [0.4, 0.5) is 4.39 Å². The van der Waals surface area contributed by atoms with Crippen molar-refractivity contribution in [1.29, 1.82) is 0 Å². The number of amides is 1. The molecule has 2 heterocycles. The van der Waals surface area contributed by atoms with E-state index < -0.39 is 0 Å². The van der Waals surface area contributed by atoms with E-state index in [0.717, 1.165) is 22.3 Å². The molecule has 0 radical (unpaired) electrons. The first kappa shape index (κ1) is 25.1. The van der Waals surface area contributed by atoms with E-state index in [9.17, 15) is 14.0 Å². The van der Waals surface area contributed by atoms with Crippen molar-refractivity contribution in [3.63, 3.8) is 0 Å². The molecule has 0 saturated carbocycles. The summed E-state index contributed by atoms with van der Waals surface area (Å²) in [5, 5.41) is 0. The highest BCUT2D eigenvalue weighted by Crippen LogP contribution is 2.27. The van der Waals surface area contributed by atoms with Crippen LogP contribution in [0.1, 0.15) is 46.8 Å². The Morgan fingerprint density at radius 1 is 1.00 bits per heavy atom. The number of aromatic amines is 1. The molecule has 0 aliphatic rings. The number of aromatic nitrogens is 4. The molecule has 0 bridgehead atoms. The predicted octanol–water partition coefficient (Wildman–Crippen LogP) is 5.37. The lowest BCUT2D eigenvalue weighted by atomic mass is 9.97. The van der Waals surface area contributed by atoms with Gasteiger partial charge in [0.05, 0.1) is 12.7 Å². The van der Waals surface area contributed by atoms with E-state index in [1.165, 1.54) is 12.1 Å². The maximum absolute atomic E-state index is 13.2. The molecule has 0 saturated heterocycles. The van der Waals surface area contributed by atoms with Crippen LogP contribution in [0.2, 0.25) is 0 Å². The third-order valence-electron chi connectivity index (χ3n) is 6.56. The Bertz CT molecular complexity index is 1650. The minimum atomic E-state index is -0.310. The number of hydrogen-bond acceptors (Lipinski definition) is 4. The average Bonchev–Trinajstić information content (AvgIpc) is 3.23.